The molecule has 8 aromatic carbocycles. The van der Waals surface area contributed by atoms with Gasteiger partial charge in [-0.3, -0.25) is 0 Å². The van der Waals surface area contributed by atoms with Crippen molar-refractivity contribution in [1.82, 2.24) is 9.97 Å². The highest BCUT2D eigenvalue weighted by atomic mass is 16.3. The number of rotatable bonds is 4. The number of aromatic nitrogens is 2. The zero-order chi connectivity index (χ0) is 36.0. The van der Waals surface area contributed by atoms with Gasteiger partial charge >= 0.3 is 0 Å². The van der Waals surface area contributed by atoms with E-state index in [-0.39, 0.29) is 5.41 Å². The lowest BCUT2D eigenvalue weighted by atomic mass is 9.78. The number of hydrogen-bond acceptors (Lipinski definition) is 3. The molecule has 0 amide bonds. The molecule has 54 heavy (non-hydrogen) atoms. The minimum Gasteiger partial charge on any atom is -0.456 e. The molecule has 3 nitrogen and oxygen atoms in total. The summed E-state index contributed by atoms with van der Waals surface area (Å²) in [5, 5.41) is 7.15. The molecule has 0 unspecified atom stereocenters. The summed E-state index contributed by atoms with van der Waals surface area (Å²) >= 11 is 0. The first-order valence-electron chi connectivity index (χ1n) is 18.6. The van der Waals surface area contributed by atoms with Gasteiger partial charge in [0.15, 0.2) is 5.82 Å². The molecule has 0 radical (unpaired) electrons. The zero-order valence-corrected chi connectivity index (χ0v) is 30.0. The average Bonchev–Trinajstić information content (AvgIpc) is 3.72. The molecule has 254 valence electrons. The van der Waals surface area contributed by atoms with Crippen LogP contribution in [-0.2, 0) is 5.41 Å². The van der Waals surface area contributed by atoms with Crippen LogP contribution < -0.4 is 0 Å². The van der Waals surface area contributed by atoms with Gasteiger partial charge in [0, 0.05) is 32.9 Å². The fraction of sp³-hybridized carbons (Fsp3) is 0.0588. The second-order valence-corrected chi connectivity index (χ2v) is 14.9. The molecule has 0 bridgehead atoms. The normalized spacial score (nSPS) is 13.1. The summed E-state index contributed by atoms with van der Waals surface area (Å²) in [5.74, 6) is 0.689. The lowest BCUT2D eigenvalue weighted by molar-refractivity contribution is 0.662. The number of fused-ring (bicyclic) bond motifs is 9. The third kappa shape index (κ3) is 4.55. The fourth-order valence-electron chi connectivity index (χ4n) is 8.97. The van der Waals surface area contributed by atoms with E-state index in [4.69, 9.17) is 14.4 Å². The minimum absolute atomic E-state index is 0.169. The van der Waals surface area contributed by atoms with Crippen LogP contribution in [0.15, 0.2) is 174 Å². The van der Waals surface area contributed by atoms with Crippen LogP contribution in [0.1, 0.15) is 25.0 Å². The van der Waals surface area contributed by atoms with Crippen LogP contribution in [-0.4, -0.2) is 9.97 Å². The number of benzene rings is 8. The Morgan fingerprint density at radius 2 is 1.09 bits per heavy atom. The summed E-state index contributed by atoms with van der Waals surface area (Å²) in [6.45, 7) is 4.76. The number of para-hydroxylation sites is 1. The Hall–Kier alpha value is -6.84. The molecule has 0 N–H and O–H groups in total. The van der Waals surface area contributed by atoms with E-state index in [9.17, 15) is 0 Å². The van der Waals surface area contributed by atoms with Gasteiger partial charge in [0.2, 0.25) is 0 Å². The number of furan rings is 1. The largest absolute Gasteiger partial charge is 0.456 e. The van der Waals surface area contributed by atoms with Crippen LogP contribution in [0.5, 0.6) is 0 Å². The first-order valence-corrected chi connectivity index (χ1v) is 18.6. The molecule has 0 saturated heterocycles. The molecule has 2 heterocycles. The lowest BCUT2D eigenvalue weighted by Crippen LogP contribution is -2.16. The maximum absolute atomic E-state index is 6.30. The summed E-state index contributed by atoms with van der Waals surface area (Å²) in [6, 6.07) is 60.5. The standard InChI is InChI=1S/C51H34N2O/c1-51(2)43-28-24-31-13-6-7-16-34(31)48(43)42-21-12-20-41(49(42)51)37-26-27-38(36-18-9-8-17-35(36)37)45-30-44(52-50(53-45)32-14-4-3-5-15-32)33-23-25-40-39-19-10-11-22-46(39)54-47(40)29-33/h3-30H,1-2H3. The van der Waals surface area contributed by atoms with E-state index in [1.807, 2.05) is 30.3 Å². The van der Waals surface area contributed by atoms with Gasteiger partial charge in [-0.25, -0.2) is 9.97 Å². The summed E-state index contributed by atoms with van der Waals surface area (Å²) < 4.78 is 6.30. The SMILES string of the molecule is CC1(C)c2ccc3ccccc3c2-c2cccc(-c3ccc(-c4cc(-c5ccc6c(c5)oc5ccccc56)nc(-c5ccccc5)n4)c4ccccc34)c21. The van der Waals surface area contributed by atoms with Crippen molar-refractivity contribution >= 4 is 43.5 Å². The summed E-state index contributed by atoms with van der Waals surface area (Å²) in [5.41, 5.74) is 14.3. The molecule has 1 aliphatic rings. The van der Waals surface area contributed by atoms with Crippen molar-refractivity contribution in [3.05, 3.63) is 181 Å². The smallest absolute Gasteiger partial charge is 0.160 e. The van der Waals surface area contributed by atoms with Crippen molar-refractivity contribution in [2.45, 2.75) is 19.3 Å². The molecule has 10 aromatic rings. The van der Waals surface area contributed by atoms with E-state index < -0.39 is 0 Å². The molecule has 2 aromatic heterocycles. The van der Waals surface area contributed by atoms with Crippen molar-refractivity contribution in [2.75, 3.05) is 0 Å². The van der Waals surface area contributed by atoms with Gasteiger partial charge in [-0.05, 0) is 79.2 Å². The Morgan fingerprint density at radius 3 is 1.94 bits per heavy atom. The minimum atomic E-state index is -0.169. The topological polar surface area (TPSA) is 38.9 Å². The summed E-state index contributed by atoms with van der Waals surface area (Å²) in [4.78, 5) is 10.4. The predicted molar refractivity (Wildman–Crippen MR) is 224 cm³/mol. The van der Waals surface area contributed by atoms with Crippen molar-refractivity contribution < 1.29 is 4.42 Å². The summed E-state index contributed by atoms with van der Waals surface area (Å²) in [7, 11) is 0. The van der Waals surface area contributed by atoms with Crippen LogP contribution in [0, 0.1) is 0 Å². The Bertz CT molecular complexity index is 3130. The number of nitrogens with zero attached hydrogens (tertiary/aromatic N) is 2. The van der Waals surface area contributed by atoms with Gasteiger partial charge in [-0.15, -0.1) is 0 Å². The van der Waals surface area contributed by atoms with Crippen molar-refractivity contribution in [3.8, 4) is 56.2 Å². The fourth-order valence-corrected chi connectivity index (χ4v) is 8.97. The van der Waals surface area contributed by atoms with Gasteiger partial charge in [0.05, 0.1) is 11.4 Å². The van der Waals surface area contributed by atoms with Crippen molar-refractivity contribution in [3.63, 3.8) is 0 Å². The van der Waals surface area contributed by atoms with Crippen LogP contribution in [0.4, 0.5) is 0 Å². The summed E-state index contributed by atoms with van der Waals surface area (Å²) in [6.07, 6.45) is 0. The highest BCUT2D eigenvalue weighted by Gasteiger charge is 2.38. The van der Waals surface area contributed by atoms with Crippen molar-refractivity contribution in [1.29, 1.82) is 0 Å². The quantitative estimate of drug-likeness (QED) is 0.184. The van der Waals surface area contributed by atoms with E-state index in [1.165, 1.54) is 49.5 Å². The van der Waals surface area contributed by atoms with Crippen molar-refractivity contribution in [2.24, 2.45) is 0 Å². The van der Waals surface area contributed by atoms with Gasteiger partial charge < -0.3 is 4.42 Å². The van der Waals surface area contributed by atoms with E-state index in [1.54, 1.807) is 0 Å². The molecule has 0 saturated carbocycles. The molecule has 0 spiro atoms. The van der Waals surface area contributed by atoms with Gasteiger partial charge in [0.25, 0.3) is 0 Å². The molecule has 0 atom stereocenters. The molecular formula is C51H34N2O. The van der Waals surface area contributed by atoms with E-state index >= 15 is 0 Å². The monoisotopic (exact) mass is 690 g/mol. The zero-order valence-electron chi connectivity index (χ0n) is 30.0. The Morgan fingerprint density at radius 1 is 0.426 bits per heavy atom. The lowest BCUT2D eigenvalue weighted by Gasteiger charge is -2.25. The van der Waals surface area contributed by atoms with Crippen LogP contribution >= 0.6 is 0 Å². The average molecular weight is 691 g/mol. The van der Waals surface area contributed by atoms with Gasteiger partial charge in [0.1, 0.15) is 11.2 Å². The van der Waals surface area contributed by atoms with Crippen LogP contribution in [0.2, 0.25) is 0 Å². The number of hydrogen-bond donors (Lipinski definition) is 0. The van der Waals surface area contributed by atoms with E-state index in [0.717, 1.165) is 55.4 Å². The van der Waals surface area contributed by atoms with Gasteiger partial charge in [-0.2, -0.15) is 0 Å². The van der Waals surface area contributed by atoms with Crippen LogP contribution in [0.3, 0.4) is 0 Å². The molecule has 0 fully saturated rings. The van der Waals surface area contributed by atoms with E-state index in [2.05, 4.69) is 153 Å². The first-order chi connectivity index (χ1) is 26.5. The highest BCUT2D eigenvalue weighted by molar-refractivity contribution is 6.09. The molecular weight excluding hydrogens is 657 g/mol. The third-order valence-corrected chi connectivity index (χ3v) is 11.5. The predicted octanol–water partition coefficient (Wildman–Crippen LogP) is 13.7. The Kier molecular flexibility index (Phi) is 6.60. The molecule has 11 rings (SSSR count). The second-order valence-electron chi connectivity index (χ2n) is 14.9. The second kappa shape index (κ2) is 11.6. The Balaban J connectivity index is 1.11. The molecule has 3 heteroatoms. The van der Waals surface area contributed by atoms with E-state index in [0.29, 0.717) is 5.82 Å². The maximum Gasteiger partial charge on any atom is 0.160 e. The van der Waals surface area contributed by atoms with Crippen LogP contribution in [0.25, 0.3) is 99.6 Å². The molecule has 1 aliphatic carbocycles. The Labute approximate surface area is 313 Å². The molecule has 0 aliphatic heterocycles. The third-order valence-electron chi connectivity index (χ3n) is 11.5. The maximum atomic E-state index is 6.30. The highest BCUT2D eigenvalue weighted by Crippen LogP contribution is 2.55. The van der Waals surface area contributed by atoms with Gasteiger partial charge in [-0.1, -0.05) is 159 Å². The first kappa shape index (κ1) is 30.8.